The van der Waals surface area contributed by atoms with E-state index in [9.17, 15) is 4.79 Å². The summed E-state index contributed by atoms with van der Waals surface area (Å²) >= 11 is 3.57. The van der Waals surface area contributed by atoms with Crippen LogP contribution in [0.25, 0.3) is 11.0 Å². The lowest BCUT2D eigenvalue weighted by atomic mass is 10.1. The summed E-state index contributed by atoms with van der Waals surface area (Å²) in [4.78, 5) is 19.5. The highest BCUT2D eigenvalue weighted by Gasteiger charge is 2.35. The van der Waals surface area contributed by atoms with Gasteiger partial charge in [-0.25, -0.2) is 4.98 Å². The molecule has 0 saturated carbocycles. The summed E-state index contributed by atoms with van der Waals surface area (Å²) in [6.07, 6.45) is 2.76. The Morgan fingerprint density at radius 2 is 1.92 bits per heavy atom. The van der Waals surface area contributed by atoms with Crippen molar-refractivity contribution in [2.45, 2.75) is 38.6 Å². The normalized spacial score (nSPS) is 17.4. The molecule has 5 heteroatoms. The smallest absolute Gasteiger partial charge is 0.227 e. The van der Waals surface area contributed by atoms with E-state index < -0.39 is 0 Å². The number of halogens is 1. The van der Waals surface area contributed by atoms with Crippen molar-refractivity contribution in [1.82, 2.24) is 9.55 Å². The van der Waals surface area contributed by atoms with Gasteiger partial charge in [0, 0.05) is 29.9 Å². The molecule has 0 aliphatic carbocycles. The van der Waals surface area contributed by atoms with Crippen LogP contribution in [-0.2, 0) is 11.3 Å². The quantitative estimate of drug-likeness (QED) is 0.584. The Bertz CT molecular complexity index is 949. The number of imidazole rings is 1. The number of para-hydroxylation sites is 3. The van der Waals surface area contributed by atoms with E-state index in [0.717, 1.165) is 40.9 Å². The highest BCUT2D eigenvalue weighted by Crippen LogP contribution is 2.36. The van der Waals surface area contributed by atoms with Gasteiger partial charge in [0.2, 0.25) is 5.91 Å². The van der Waals surface area contributed by atoms with Gasteiger partial charge in [0.05, 0.1) is 16.7 Å². The third-order valence-electron chi connectivity index (χ3n) is 5.05. The topological polar surface area (TPSA) is 38.1 Å². The number of carbonyl (C=O) groups excluding carboxylic acids is 1. The average Bonchev–Trinajstić information content (AvgIpc) is 3.21. The molecular formula is C21H22BrN3O. The van der Waals surface area contributed by atoms with Crippen LogP contribution in [0.5, 0.6) is 0 Å². The Kier molecular flexibility index (Phi) is 4.81. The van der Waals surface area contributed by atoms with E-state index in [4.69, 9.17) is 4.98 Å². The molecule has 1 amide bonds. The Morgan fingerprint density at radius 1 is 1.15 bits per heavy atom. The number of hydrogen-bond acceptors (Lipinski definition) is 2. The summed E-state index contributed by atoms with van der Waals surface area (Å²) in [5, 5.41) is 0. The van der Waals surface area contributed by atoms with Crippen LogP contribution >= 0.6 is 15.9 Å². The molecule has 4 nitrogen and oxygen atoms in total. The van der Waals surface area contributed by atoms with Crippen molar-refractivity contribution < 1.29 is 4.79 Å². The summed E-state index contributed by atoms with van der Waals surface area (Å²) < 4.78 is 3.27. The Labute approximate surface area is 162 Å². The second-order valence-corrected chi connectivity index (χ2v) is 7.68. The lowest BCUT2D eigenvalue weighted by molar-refractivity contribution is -0.117. The predicted molar refractivity (Wildman–Crippen MR) is 108 cm³/mol. The average molecular weight is 412 g/mol. The number of rotatable bonds is 5. The minimum Gasteiger partial charge on any atom is -0.328 e. The van der Waals surface area contributed by atoms with Crippen LogP contribution in [0.4, 0.5) is 5.69 Å². The SMILES string of the molecule is CCCCn1c([C@H]2CC(=O)N(c3ccccc3Br)C2)nc2ccccc21. The van der Waals surface area contributed by atoms with Crippen molar-refractivity contribution >= 4 is 38.6 Å². The van der Waals surface area contributed by atoms with Gasteiger partial charge in [-0.2, -0.15) is 0 Å². The van der Waals surface area contributed by atoms with Crippen LogP contribution in [0.1, 0.15) is 37.9 Å². The first-order valence-corrected chi connectivity index (χ1v) is 9.98. The van der Waals surface area contributed by atoms with E-state index in [-0.39, 0.29) is 11.8 Å². The highest BCUT2D eigenvalue weighted by molar-refractivity contribution is 9.10. The number of benzene rings is 2. The van der Waals surface area contributed by atoms with E-state index in [2.05, 4.69) is 45.6 Å². The maximum Gasteiger partial charge on any atom is 0.227 e. The first-order valence-electron chi connectivity index (χ1n) is 9.19. The third-order valence-corrected chi connectivity index (χ3v) is 5.72. The predicted octanol–water partition coefficient (Wildman–Crippen LogP) is 5.12. The molecule has 1 fully saturated rings. The number of aryl methyl sites for hydroxylation is 1. The van der Waals surface area contributed by atoms with Gasteiger partial charge in [-0.05, 0) is 46.6 Å². The minimum absolute atomic E-state index is 0.124. The molecule has 0 N–H and O–H groups in total. The van der Waals surface area contributed by atoms with Gasteiger partial charge in [-0.15, -0.1) is 0 Å². The summed E-state index contributed by atoms with van der Waals surface area (Å²) in [6, 6.07) is 16.2. The molecule has 1 aliphatic heterocycles. The standard InChI is InChI=1S/C21H22BrN3O/c1-2-3-12-24-19-11-7-5-9-17(19)23-21(24)15-13-20(26)25(14-15)18-10-6-4-8-16(18)22/h4-11,15H,2-3,12-14H2,1H3/t15-/m0/s1. The fourth-order valence-corrected chi connectivity index (χ4v) is 4.24. The fourth-order valence-electron chi connectivity index (χ4n) is 3.74. The largest absolute Gasteiger partial charge is 0.328 e. The van der Waals surface area contributed by atoms with Crippen LogP contribution in [-0.4, -0.2) is 22.0 Å². The number of hydrogen-bond donors (Lipinski definition) is 0. The van der Waals surface area contributed by atoms with E-state index >= 15 is 0 Å². The van der Waals surface area contributed by atoms with Gasteiger partial charge in [-0.3, -0.25) is 4.79 Å². The van der Waals surface area contributed by atoms with Crippen LogP contribution in [0.3, 0.4) is 0 Å². The number of aromatic nitrogens is 2. The first kappa shape index (κ1) is 17.3. The summed E-state index contributed by atoms with van der Waals surface area (Å²) in [5.74, 6) is 1.33. The lowest BCUT2D eigenvalue weighted by Crippen LogP contribution is -2.25. The molecule has 2 aromatic carbocycles. The third kappa shape index (κ3) is 3.05. The van der Waals surface area contributed by atoms with Gasteiger partial charge < -0.3 is 9.47 Å². The van der Waals surface area contributed by atoms with Gasteiger partial charge in [0.1, 0.15) is 5.82 Å². The number of nitrogens with zero attached hydrogens (tertiary/aromatic N) is 3. The molecule has 2 heterocycles. The van der Waals surface area contributed by atoms with Crippen molar-refractivity contribution in [3.05, 3.63) is 58.8 Å². The van der Waals surface area contributed by atoms with Gasteiger partial charge in [0.25, 0.3) is 0 Å². The lowest BCUT2D eigenvalue weighted by Gasteiger charge is -2.18. The van der Waals surface area contributed by atoms with Crippen LogP contribution in [0.15, 0.2) is 53.0 Å². The number of carbonyl (C=O) groups is 1. The molecule has 1 saturated heterocycles. The number of anilines is 1. The molecule has 1 aliphatic rings. The molecule has 134 valence electrons. The van der Waals surface area contributed by atoms with E-state index in [1.165, 1.54) is 5.52 Å². The zero-order chi connectivity index (χ0) is 18.1. The minimum atomic E-state index is 0.124. The maximum atomic E-state index is 12.7. The molecule has 4 rings (SSSR count). The zero-order valence-corrected chi connectivity index (χ0v) is 16.4. The Hall–Kier alpha value is -2.14. The molecule has 1 atom stereocenters. The summed E-state index contributed by atoms with van der Waals surface area (Å²) in [7, 11) is 0. The molecule has 1 aromatic heterocycles. The Balaban J connectivity index is 1.70. The molecule has 0 bridgehead atoms. The molecule has 0 radical (unpaired) electrons. The second-order valence-electron chi connectivity index (χ2n) is 6.82. The molecule has 26 heavy (non-hydrogen) atoms. The first-order chi connectivity index (χ1) is 12.7. The highest BCUT2D eigenvalue weighted by atomic mass is 79.9. The van der Waals surface area contributed by atoms with Crippen molar-refractivity contribution in [1.29, 1.82) is 0 Å². The Morgan fingerprint density at radius 3 is 2.73 bits per heavy atom. The van der Waals surface area contributed by atoms with Gasteiger partial charge in [-0.1, -0.05) is 37.6 Å². The number of unbranched alkanes of at least 4 members (excludes halogenated alkanes) is 1. The van der Waals surface area contributed by atoms with Crippen molar-refractivity contribution in [2.24, 2.45) is 0 Å². The molecule has 0 spiro atoms. The van der Waals surface area contributed by atoms with Crippen LogP contribution in [0, 0.1) is 0 Å². The monoisotopic (exact) mass is 411 g/mol. The summed E-state index contributed by atoms with van der Waals surface area (Å²) in [6.45, 7) is 3.83. The number of fused-ring (bicyclic) bond motifs is 1. The van der Waals surface area contributed by atoms with E-state index in [1.807, 2.05) is 35.2 Å². The maximum absolute atomic E-state index is 12.7. The number of amides is 1. The van der Waals surface area contributed by atoms with Crippen molar-refractivity contribution in [2.75, 3.05) is 11.4 Å². The van der Waals surface area contributed by atoms with E-state index in [1.54, 1.807) is 0 Å². The second kappa shape index (κ2) is 7.23. The molecular weight excluding hydrogens is 390 g/mol. The summed E-state index contributed by atoms with van der Waals surface area (Å²) in [5.41, 5.74) is 3.13. The van der Waals surface area contributed by atoms with Crippen molar-refractivity contribution in [3.8, 4) is 0 Å². The molecule has 3 aromatic rings. The van der Waals surface area contributed by atoms with Gasteiger partial charge in [0.15, 0.2) is 0 Å². The van der Waals surface area contributed by atoms with Gasteiger partial charge >= 0.3 is 0 Å². The van der Waals surface area contributed by atoms with Crippen molar-refractivity contribution in [3.63, 3.8) is 0 Å². The zero-order valence-electron chi connectivity index (χ0n) is 14.9. The van der Waals surface area contributed by atoms with E-state index in [0.29, 0.717) is 13.0 Å². The van der Waals surface area contributed by atoms with Crippen LogP contribution < -0.4 is 4.90 Å². The fraction of sp³-hybridized carbons (Fsp3) is 0.333. The van der Waals surface area contributed by atoms with Crippen LogP contribution in [0.2, 0.25) is 0 Å². The molecule has 0 unspecified atom stereocenters.